The molecule has 7 nitrogen and oxygen atoms in total. The first-order valence-electron chi connectivity index (χ1n) is 11.6. The van der Waals surface area contributed by atoms with E-state index in [1.807, 2.05) is 41.8 Å². The van der Waals surface area contributed by atoms with E-state index < -0.39 is 5.82 Å². The summed E-state index contributed by atoms with van der Waals surface area (Å²) in [5.74, 6) is 0.114. The summed E-state index contributed by atoms with van der Waals surface area (Å²) in [4.78, 5) is 16.9. The van der Waals surface area contributed by atoms with Gasteiger partial charge in [0.25, 0.3) is 0 Å². The molecule has 0 aliphatic carbocycles. The lowest BCUT2D eigenvalue weighted by molar-refractivity contribution is 0.0963. The van der Waals surface area contributed by atoms with Gasteiger partial charge in [0.05, 0.1) is 47.2 Å². The molecule has 1 heterocycles. The summed E-state index contributed by atoms with van der Waals surface area (Å²) in [6, 6.07) is 5.17. The van der Waals surface area contributed by atoms with E-state index in [2.05, 4.69) is 20.2 Å². The molecule has 0 aromatic heterocycles. The molecule has 9 heteroatoms. The number of hydrogen-bond acceptors (Lipinski definition) is 6. The monoisotopic (exact) mass is 549 g/mol. The number of amidine groups is 1. The Morgan fingerprint density at radius 1 is 1.20 bits per heavy atom. The molecule has 1 aliphatic heterocycles. The second kappa shape index (κ2) is 10.4. The first-order valence-corrected chi connectivity index (χ1v) is 12.3. The molecular weight excluding hydrogens is 517 g/mol. The van der Waals surface area contributed by atoms with Crippen LogP contribution in [-0.2, 0) is 12.0 Å². The third kappa shape index (κ3) is 5.24. The third-order valence-corrected chi connectivity index (χ3v) is 6.19. The van der Waals surface area contributed by atoms with Crippen molar-refractivity contribution in [3.8, 4) is 17.2 Å². The van der Waals surface area contributed by atoms with Crippen molar-refractivity contribution in [2.45, 2.75) is 46.6 Å². The summed E-state index contributed by atoms with van der Waals surface area (Å²) in [5, 5.41) is 10.8. The van der Waals surface area contributed by atoms with E-state index in [9.17, 15) is 9.90 Å². The molecule has 2 aromatic rings. The number of phenolic OH excluding ortho intramolecular Hbond substituents is 1. The van der Waals surface area contributed by atoms with Gasteiger partial charge in [0, 0.05) is 31.8 Å². The van der Waals surface area contributed by atoms with Gasteiger partial charge in [0.2, 0.25) is 0 Å². The lowest BCUT2D eigenvalue weighted by Gasteiger charge is -2.26. The quantitative estimate of drug-likeness (QED) is 0.441. The van der Waals surface area contributed by atoms with Crippen molar-refractivity contribution in [3.05, 3.63) is 46.3 Å². The van der Waals surface area contributed by atoms with Crippen LogP contribution >= 0.6 is 16.1 Å². The van der Waals surface area contributed by atoms with Crippen molar-refractivity contribution in [1.29, 1.82) is 0 Å². The van der Waals surface area contributed by atoms with Crippen LogP contribution < -0.4 is 14.4 Å². The number of phenols is 1. The summed E-state index contributed by atoms with van der Waals surface area (Å²) in [7, 11) is 3.63. The molecule has 1 N–H and O–H groups in total. The highest BCUT2D eigenvalue weighted by atomic mass is 79.9. The number of carbonyl (C=O) groups excluding carboxylic acids is 1. The van der Waals surface area contributed by atoms with E-state index in [0.717, 1.165) is 0 Å². The number of halogens is 2. The van der Waals surface area contributed by atoms with E-state index >= 15 is 4.39 Å². The van der Waals surface area contributed by atoms with E-state index in [4.69, 9.17) is 9.47 Å². The number of rotatable bonds is 8. The smallest absolute Gasteiger partial charge is 0.197 e. The zero-order chi connectivity index (χ0) is 26.1. The molecule has 190 valence electrons. The maximum atomic E-state index is 15.5. The highest BCUT2D eigenvalue weighted by Gasteiger charge is 2.34. The van der Waals surface area contributed by atoms with Crippen LogP contribution in [0.2, 0.25) is 0 Å². The average Bonchev–Trinajstić information content (AvgIpc) is 3.12. The number of Topliss-reactive ketones (excluding diaryl/α,β-unsaturated/α-hetero) is 1. The van der Waals surface area contributed by atoms with Crippen LogP contribution in [0, 0.1) is 5.82 Å². The summed E-state index contributed by atoms with van der Waals surface area (Å²) < 4.78 is 30.8. The average molecular weight is 550 g/mol. The minimum atomic E-state index is -0.560. The SMILES string of the molecule is CCOc1cc2c(c(F)c1OCC)C(=NBr)N(CC(=O)c1cc(N(C)C)c(O)c(C(C)(C)C)c1)C2. The van der Waals surface area contributed by atoms with Gasteiger partial charge in [-0.2, -0.15) is 4.02 Å². The van der Waals surface area contributed by atoms with Gasteiger partial charge in [-0.05, 0) is 43.0 Å². The third-order valence-electron chi connectivity index (χ3n) is 5.86. The highest BCUT2D eigenvalue weighted by molar-refractivity contribution is 9.08. The predicted molar refractivity (Wildman–Crippen MR) is 140 cm³/mol. The fourth-order valence-electron chi connectivity index (χ4n) is 4.19. The zero-order valence-corrected chi connectivity index (χ0v) is 22.9. The van der Waals surface area contributed by atoms with Gasteiger partial charge in [0.1, 0.15) is 11.6 Å². The number of nitrogens with zero attached hydrogens (tertiary/aromatic N) is 3. The van der Waals surface area contributed by atoms with Crippen LogP contribution in [0.15, 0.2) is 22.2 Å². The van der Waals surface area contributed by atoms with Gasteiger partial charge < -0.3 is 24.4 Å². The van der Waals surface area contributed by atoms with Crippen molar-refractivity contribution >= 4 is 33.5 Å². The molecule has 0 radical (unpaired) electrons. The molecule has 0 unspecified atom stereocenters. The number of carbonyl (C=O) groups is 1. The van der Waals surface area contributed by atoms with Crippen LogP contribution in [-0.4, -0.2) is 55.5 Å². The van der Waals surface area contributed by atoms with Crippen LogP contribution in [0.5, 0.6) is 17.2 Å². The summed E-state index contributed by atoms with van der Waals surface area (Å²) >= 11 is 3.11. The van der Waals surface area contributed by atoms with Crippen molar-refractivity contribution in [1.82, 2.24) is 4.90 Å². The van der Waals surface area contributed by atoms with Crippen molar-refractivity contribution in [3.63, 3.8) is 0 Å². The molecule has 0 saturated carbocycles. The second-order valence-corrected chi connectivity index (χ2v) is 10.00. The molecule has 1 aliphatic rings. The van der Waals surface area contributed by atoms with E-state index in [1.54, 1.807) is 34.9 Å². The number of fused-ring (bicyclic) bond motifs is 1. The Balaban J connectivity index is 2.00. The van der Waals surface area contributed by atoms with Gasteiger partial charge in [0.15, 0.2) is 23.1 Å². The second-order valence-electron chi connectivity index (χ2n) is 9.64. The minimum Gasteiger partial charge on any atom is -0.505 e. The number of benzene rings is 2. The number of aromatic hydroxyl groups is 1. The Morgan fingerprint density at radius 3 is 2.40 bits per heavy atom. The molecular formula is C26H33BrFN3O4. The zero-order valence-electron chi connectivity index (χ0n) is 21.3. The van der Waals surface area contributed by atoms with Crippen LogP contribution in [0.1, 0.15) is 61.7 Å². The molecule has 0 fully saturated rings. The summed E-state index contributed by atoms with van der Waals surface area (Å²) in [5.41, 5.74) is 2.29. The van der Waals surface area contributed by atoms with Crippen molar-refractivity contribution < 1.29 is 23.8 Å². The van der Waals surface area contributed by atoms with E-state index in [0.29, 0.717) is 47.1 Å². The fourth-order valence-corrected chi connectivity index (χ4v) is 4.59. The Bertz CT molecular complexity index is 1160. The Morgan fingerprint density at radius 2 is 1.86 bits per heavy atom. The first-order chi connectivity index (χ1) is 16.4. The molecule has 2 aromatic carbocycles. The number of hydrogen-bond donors (Lipinski definition) is 1. The molecule has 0 atom stereocenters. The topological polar surface area (TPSA) is 74.6 Å². The van der Waals surface area contributed by atoms with Gasteiger partial charge in [-0.3, -0.25) is 4.79 Å². The standard InChI is InChI=1S/C26H33BrFN3O4/c1-8-34-20-12-16-13-31(25(29-27)21(16)22(28)24(20)35-9-2)14-19(32)15-10-17(26(3,4)5)23(33)18(11-15)30(6)7/h10-12,33H,8-9,13-14H2,1-7H3. The highest BCUT2D eigenvalue weighted by Crippen LogP contribution is 2.41. The van der Waals surface area contributed by atoms with Crippen LogP contribution in [0.3, 0.4) is 0 Å². The molecule has 0 amide bonds. The lowest BCUT2D eigenvalue weighted by Crippen LogP contribution is -2.31. The minimum absolute atomic E-state index is 0.0201. The largest absolute Gasteiger partial charge is 0.505 e. The van der Waals surface area contributed by atoms with Gasteiger partial charge >= 0.3 is 0 Å². The van der Waals surface area contributed by atoms with E-state index in [1.165, 1.54) is 0 Å². The molecule has 0 bridgehead atoms. The van der Waals surface area contributed by atoms with Gasteiger partial charge in [-0.15, -0.1) is 0 Å². The number of ketones is 1. The predicted octanol–water partition coefficient (Wildman–Crippen LogP) is 5.45. The van der Waals surface area contributed by atoms with Crippen LogP contribution in [0.25, 0.3) is 0 Å². The summed E-state index contributed by atoms with van der Waals surface area (Å²) in [6.07, 6.45) is 0. The number of anilines is 1. The fraction of sp³-hybridized carbons (Fsp3) is 0.462. The number of ether oxygens (including phenoxy) is 2. The Kier molecular flexibility index (Phi) is 7.99. The maximum absolute atomic E-state index is 15.5. The maximum Gasteiger partial charge on any atom is 0.197 e. The van der Waals surface area contributed by atoms with Crippen LogP contribution in [0.4, 0.5) is 10.1 Å². The molecule has 3 rings (SSSR count). The Hall–Kier alpha value is -2.81. The summed E-state index contributed by atoms with van der Waals surface area (Å²) in [6.45, 7) is 10.5. The van der Waals surface area contributed by atoms with Crippen molar-refractivity contribution in [2.75, 3.05) is 38.8 Å². The lowest BCUT2D eigenvalue weighted by atomic mass is 9.84. The van der Waals surface area contributed by atoms with Crippen molar-refractivity contribution in [2.24, 2.45) is 4.02 Å². The molecule has 0 spiro atoms. The van der Waals surface area contributed by atoms with E-state index in [-0.39, 0.29) is 41.4 Å². The first kappa shape index (κ1) is 26.8. The molecule has 35 heavy (non-hydrogen) atoms. The Labute approximate surface area is 214 Å². The molecule has 0 saturated heterocycles. The van der Waals surface area contributed by atoms with Gasteiger partial charge in [-0.25, -0.2) is 4.39 Å². The normalized spacial score (nSPS) is 14.3. The van der Waals surface area contributed by atoms with Gasteiger partial charge in [-0.1, -0.05) is 20.8 Å².